The molecule has 0 aliphatic carbocycles. The third kappa shape index (κ3) is 3.22. The number of likely N-dealkylation sites (tertiary alicyclic amines) is 1. The lowest BCUT2D eigenvalue weighted by Crippen LogP contribution is -2.36. The van der Waals surface area contributed by atoms with Crippen LogP contribution in [0.3, 0.4) is 0 Å². The molecule has 1 aliphatic heterocycles. The predicted molar refractivity (Wildman–Crippen MR) is 88.2 cm³/mol. The molecule has 1 unspecified atom stereocenters. The number of carbonyl (C=O) groups excluding carboxylic acids is 1. The molecule has 122 valence electrons. The Labute approximate surface area is 136 Å². The Bertz CT molecular complexity index is 693. The molecule has 0 spiro atoms. The number of nitrogens with zero attached hydrogens (tertiary/aromatic N) is 3. The van der Waals surface area contributed by atoms with Crippen LogP contribution in [0, 0.1) is 6.92 Å². The summed E-state index contributed by atoms with van der Waals surface area (Å²) in [7, 11) is 3.70. The highest BCUT2D eigenvalue weighted by molar-refractivity contribution is 5.95. The smallest absolute Gasteiger partial charge is 0.255 e. The van der Waals surface area contributed by atoms with Crippen LogP contribution in [0.15, 0.2) is 30.5 Å². The molecule has 1 aromatic heterocycles. The van der Waals surface area contributed by atoms with Crippen molar-refractivity contribution in [2.24, 2.45) is 0 Å². The molecule has 23 heavy (non-hydrogen) atoms. The van der Waals surface area contributed by atoms with Crippen LogP contribution in [-0.2, 0) is 0 Å². The zero-order chi connectivity index (χ0) is 16.4. The highest BCUT2D eigenvalue weighted by atomic mass is 16.5. The van der Waals surface area contributed by atoms with E-state index in [0.717, 1.165) is 36.6 Å². The number of hydrogen-bond acceptors (Lipinski definition) is 4. The lowest BCUT2D eigenvalue weighted by Gasteiger charge is -2.12. The molecule has 0 saturated carbocycles. The topological polar surface area (TPSA) is 59.4 Å². The first-order chi connectivity index (χ1) is 11.1. The Morgan fingerprint density at radius 2 is 2.09 bits per heavy atom. The second-order valence-corrected chi connectivity index (χ2v) is 5.97. The number of rotatable bonds is 4. The number of amides is 1. The van der Waals surface area contributed by atoms with Gasteiger partial charge in [-0.3, -0.25) is 4.79 Å². The summed E-state index contributed by atoms with van der Waals surface area (Å²) in [6.45, 7) is 3.83. The van der Waals surface area contributed by atoms with Gasteiger partial charge in [0.25, 0.3) is 5.91 Å². The number of hydrogen-bond donors (Lipinski definition) is 1. The number of methoxy groups -OCH3 is 1. The van der Waals surface area contributed by atoms with Gasteiger partial charge >= 0.3 is 0 Å². The van der Waals surface area contributed by atoms with Gasteiger partial charge < -0.3 is 15.0 Å². The Morgan fingerprint density at radius 1 is 1.35 bits per heavy atom. The highest BCUT2D eigenvalue weighted by Gasteiger charge is 2.23. The summed E-state index contributed by atoms with van der Waals surface area (Å²) in [4.78, 5) is 14.7. The molecule has 1 amide bonds. The van der Waals surface area contributed by atoms with Gasteiger partial charge in [-0.1, -0.05) is 0 Å². The van der Waals surface area contributed by atoms with Crippen molar-refractivity contribution in [1.29, 1.82) is 0 Å². The van der Waals surface area contributed by atoms with E-state index >= 15 is 0 Å². The standard InChI is InChI=1S/C17H22N4O2/c1-12-16(17(22)19-13-8-9-20(2)11-13)10-18-21(12)14-4-6-15(23-3)7-5-14/h4-7,10,13H,8-9,11H2,1-3H3,(H,19,22). The van der Waals surface area contributed by atoms with Crippen molar-refractivity contribution in [3.05, 3.63) is 41.7 Å². The highest BCUT2D eigenvalue weighted by Crippen LogP contribution is 2.18. The van der Waals surface area contributed by atoms with E-state index in [1.807, 2.05) is 31.2 Å². The van der Waals surface area contributed by atoms with Crippen molar-refractivity contribution in [2.75, 3.05) is 27.2 Å². The summed E-state index contributed by atoms with van der Waals surface area (Å²) in [6, 6.07) is 7.82. The van der Waals surface area contributed by atoms with Crippen molar-refractivity contribution < 1.29 is 9.53 Å². The van der Waals surface area contributed by atoms with E-state index < -0.39 is 0 Å². The van der Waals surface area contributed by atoms with Crippen molar-refractivity contribution in [3.8, 4) is 11.4 Å². The molecular weight excluding hydrogens is 292 g/mol. The maximum absolute atomic E-state index is 12.5. The first kappa shape index (κ1) is 15.6. The summed E-state index contributed by atoms with van der Waals surface area (Å²) in [5.41, 5.74) is 2.36. The van der Waals surface area contributed by atoms with Gasteiger partial charge in [0.05, 0.1) is 30.3 Å². The normalized spacial score (nSPS) is 18.1. The lowest BCUT2D eigenvalue weighted by atomic mass is 10.2. The zero-order valence-corrected chi connectivity index (χ0v) is 13.7. The van der Waals surface area contributed by atoms with Crippen LogP contribution in [0.4, 0.5) is 0 Å². The number of ether oxygens (including phenoxy) is 1. The lowest BCUT2D eigenvalue weighted by molar-refractivity contribution is 0.0938. The third-order valence-electron chi connectivity index (χ3n) is 4.30. The van der Waals surface area contributed by atoms with Gasteiger partial charge in [-0.25, -0.2) is 4.68 Å². The summed E-state index contributed by atoms with van der Waals surface area (Å²) >= 11 is 0. The van der Waals surface area contributed by atoms with Crippen molar-refractivity contribution in [2.45, 2.75) is 19.4 Å². The molecule has 3 rings (SSSR count). The summed E-state index contributed by atoms with van der Waals surface area (Å²) in [5.74, 6) is 0.740. The molecular formula is C17H22N4O2. The van der Waals surface area contributed by atoms with E-state index in [1.54, 1.807) is 18.0 Å². The Morgan fingerprint density at radius 3 is 2.70 bits per heavy atom. The molecule has 1 atom stereocenters. The maximum atomic E-state index is 12.5. The molecule has 0 bridgehead atoms. The average molecular weight is 314 g/mol. The SMILES string of the molecule is COc1ccc(-n2ncc(C(=O)NC3CCN(C)C3)c2C)cc1. The minimum Gasteiger partial charge on any atom is -0.497 e. The van der Waals surface area contributed by atoms with Gasteiger partial charge in [-0.05, 0) is 51.2 Å². The summed E-state index contributed by atoms with van der Waals surface area (Å²) in [5, 5.41) is 7.45. The minimum absolute atomic E-state index is 0.0532. The van der Waals surface area contributed by atoms with Gasteiger partial charge in [0, 0.05) is 12.6 Å². The molecule has 2 aromatic rings. The average Bonchev–Trinajstić information content (AvgIpc) is 3.13. The molecule has 1 fully saturated rings. The van der Waals surface area contributed by atoms with Crippen LogP contribution in [-0.4, -0.2) is 53.9 Å². The first-order valence-electron chi connectivity index (χ1n) is 7.77. The molecule has 1 saturated heterocycles. The third-order valence-corrected chi connectivity index (χ3v) is 4.30. The van der Waals surface area contributed by atoms with Gasteiger partial charge in [0.2, 0.25) is 0 Å². The van der Waals surface area contributed by atoms with Gasteiger partial charge in [-0.2, -0.15) is 5.10 Å². The molecule has 6 nitrogen and oxygen atoms in total. The molecule has 1 N–H and O–H groups in total. The van der Waals surface area contributed by atoms with E-state index in [4.69, 9.17) is 4.74 Å². The fraction of sp³-hybridized carbons (Fsp3) is 0.412. The van der Waals surface area contributed by atoms with Crippen LogP contribution in [0.25, 0.3) is 5.69 Å². The fourth-order valence-corrected chi connectivity index (χ4v) is 2.93. The number of carbonyl (C=O) groups is 1. The molecule has 1 aliphatic rings. The van der Waals surface area contributed by atoms with Crippen LogP contribution >= 0.6 is 0 Å². The van der Waals surface area contributed by atoms with E-state index in [0.29, 0.717) is 5.56 Å². The van der Waals surface area contributed by atoms with Gasteiger partial charge in [0.1, 0.15) is 5.75 Å². The minimum atomic E-state index is -0.0532. The second-order valence-electron chi connectivity index (χ2n) is 5.97. The van der Waals surface area contributed by atoms with Crippen LogP contribution < -0.4 is 10.1 Å². The second kappa shape index (κ2) is 6.42. The van der Waals surface area contributed by atoms with Crippen LogP contribution in [0.1, 0.15) is 22.5 Å². The van der Waals surface area contributed by atoms with E-state index in [9.17, 15) is 4.79 Å². The van der Waals surface area contributed by atoms with Gasteiger partial charge in [-0.15, -0.1) is 0 Å². The number of likely N-dealkylation sites (N-methyl/N-ethyl adjacent to an activating group) is 1. The van der Waals surface area contributed by atoms with Crippen molar-refractivity contribution >= 4 is 5.91 Å². The Balaban J connectivity index is 1.76. The van der Waals surface area contributed by atoms with Crippen LogP contribution in [0.5, 0.6) is 5.75 Å². The van der Waals surface area contributed by atoms with E-state index in [2.05, 4.69) is 22.4 Å². The van der Waals surface area contributed by atoms with E-state index in [1.165, 1.54) is 0 Å². The van der Waals surface area contributed by atoms with Crippen molar-refractivity contribution in [3.63, 3.8) is 0 Å². The molecule has 6 heteroatoms. The Hall–Kier alpha value is -2.34. The summed E-state index contributed by atoms with van der Waals surface area (Å²) < 4.78 is 6.94. The Kier molecular flexibility index (Phi) is 4.34. The van der Waals surface area contributed by atoms with Crippen LogP contribution in [0.2, 0.25) is 0 Å². The quantitative estimate of drug-likeness (QED) is 0.932. The molecule has 2 heterocycles. The number of aromatic nitrogens is 2. The molecule has 0 radical (unpaired) electrons. The number of nitrogens with one attached hydrogen (secondary N) is 1. The zero-order valence-electron chi connectivity index (χ0n) is 13.7. The predicted octanol–water partition coefficient (Wildman–Crippen LogP) is 1.62. The monoisotopic (exact) mass is 314 g/mol. The number of benzene rings is 1. The maximum Gasteiger partial charge on any atom is 0.255 e. The fourth-order valence-electron chi connectivity index (χ4n) is 2.93. The summed E-state index contributed by atoms with van der Waals surface area (Å²) in [6.07, 6.45) is 2.63. The van der Waals surface area contributed by atoms with Gasteiger partial charge in [0.15, 0.2) is 0 Å². The van der Waals surface area contributed by atoms with E-state index in [-0.39, 0.29) is 11.9 Å². The largest absolute Gasteiger partial charge is 0.497 e. The molecule has 1 aromatic carbocycles. The van der Waals surface area contributed by atoms with Crippen molar-refractivity contribution in [1.82, 2.24) is 20.0 Å². The first-order valence-corrected chi connectivity index (χ1v) is 7.77.